The molecule has 0 atom stereocenters. The summed E-state index contributed by atoms with van der Waals surface area (Å²) in [6.07, 6.45) is 2.93. The Hall–Kier alpha value is -2.66. The van der Waals surface area contributed by atoms with E-state index < -0.39 is 4.92 Å². The molecule has 1 aromatic heterocycles. The van der Waals surface area contributed by atoms with Crippen molar-refractivity contribution in [2.45, 2.75) is 48.0 Å². The van der Waals surface area contributed by atoms with Crippen LogP contribution in [0.15, 0.2) is 42.6 Å². The predicted octanol–water partition coefficient (Wildman–Crippen LogP) is 6.95. The van der Waals surface area contributed by atoms with E-state index in [1.54, 1.807) is 24.4 Å². The number of nitro groups is 1. The van der Waals surface area contributed by atoms with Crippen molar-refractivity contribution >= 4 is 34.1 Å². The minimum Gasteiger partial charge on any atom is -0.283 e. The Morgan fingerprint density at radius 2 is 1.71 bits per heavy atom. The number of hydrogen-bond acceptors (Lipinski definition) is 3. The topological polar surface area (TPSA) is 65.1 Å². The number of carbonyl (C=O) groups is 1. The molecular weight excluding hydrogens is 376 g/mol. The lowest BCUT2D eigenvalue weighted by Crippen LogP contribution is -2.13. The number of aryl methyl sites for hydroxylation is 2. The Morgan fingerprint density at radius 3 is 2.25 bits per heavy atom. The fourth-order valence-corrected chi connectivity index (χ4v) is 2.99. The molecule has 0 saturated carbocycles. The second-order valence-corrected chi connectivity index (χ2v) is 6.49. The second kappa shape index (κ2) is 10.6. The van der Waals surface area contributed by atoms with Crippen molar-refractivity contribution in [1.82, 2.24) is 4.57 Å². The summed E-state index contributed by atoms with van der Waals surface area (Å²) in [5, 5.41) is 12.0. The molecule has 0 amide bonds. The van der Waals surface area contributed by atoms with Gasteiger partial charge in [-0.3, -0.25) is 19.5 Å². The number of benzene rings is 2. The molecule has 0 radical (unpaired) electrons. The molecule has 2 aromatic carbocycles. The Kier molecular flexibility index (Phi) is 8.86. The highest BCUT2D eigenvalue weighted by Gasteiger charge is 2.19. The molecule has 1 heterocycles. The van der Waals surface area contributed by atoms with Gasteiger partial charge in [-0.1, -0.05) is 57.8 Å². The molecule has 0 spiro atoms. The van der Waals surface area contributed by atoms with Crippen LogP contribution in [0.25, 0.3) is 10.9 Å². The van der Waals surface area contributed by atoms with Crippen LogP contribution in [0.2, 0.25) is 5.02 Å². The molecule has 0 aliphatic heterocycles. The van der Waals surface area contributed by atoms with E-state index in [1.165, 1.54) is 23.1 Å². The summed E-state index contributed by atoms with van der Waals surface area (Å²) in [6.45, 7) is 11.9. The number of nitrogens with zero attached hydrogens (tertiary/aromatic N) is 2. The molecule has 5 nitrogen and oxygen atoms in total. The van der Waals surface area contributed by atoms with E-state index in [4.69, 9.17) is 11.6 Å². The smallest absolute Gasteiger partial charge is 0.270 e. The summed E-state index contributed by atoms with van der Waals surface area (Å²) in [5.41, 5.74) is 2.63. The van der Waals surface area contributed by atoms with Gasteiger partial charge in [0.05, 0.1) is 21.0 Å². The number of halogens is 1. The SMILES string of the molecule is CC.CCC.Cc1cccc(Cl)c1C(=O)n1cc(C)c2cc([N+](=O)[O-])ccc21. The lowest BCUT2D eigenvalue weighted by atomic mass is 10.1. The van der Waals surface area contributed by atoms with E-state index in [-0.39, 0.29) is 11.6 Å². The third-order valence-electron chi connectivity index (χ3n) is 3.85. The van der Waals surface area contributed by atoms with Crippen molar-refractivity contribution in [3.63, 3.8) is 0 Å². The standard InChI is InChI=1S/C17H13ClN2O3.C3H8.C2H6/c1-10-4-3-5-14(18)16(10)17(21)19-9-11(2)13-8-12(20(22)23)6-7-15(13)19;1-3-2;1-2/h3-9H,1-2H3;3H2,1-2H3;1-2H3. The average Bonchev–Trinajstić information content (AvgIpc) is 3.00. The molecule has 0 N–H and O–H groups in total. The summed E-state index contributed by atoms with van der Waals surface area (Å²) in [5.74, 6) is -0.250. The zero-order valence-electron chi connectivity index (χ0n) is 17.2. The van der Waals surface area contributed by atoms with Gasteiger partial charge in [-0.05, 0) is 37.1 Å². The average molecular weight is 403 g/mol. The number of aromatic nitrogens is 1. The number of non-ortho nitro benzene ring substituents is 1. The first-order chi connectivity index (χ1) is 13.3. The molecule has 3 aromatic rings. The number of rotatable bonds is 2. The molecule has 0 saturated heterocycles. The highest BCUT2D eigenvalue weighted by molar-refractivity contribution is 6.34. The molecule has 0 aliphatic carbocycles. The van der Waals surface area contributed by atoms with Gasteiger partial charge in [0.15, 0.2) is 0 Å². The van der Waals surface area contributed by atoms with Gasteiger partial charge in [-0.15, -0.1) is 0 Å². The van der Waals surface area contributed by atoms with Gasteiger partial charge in [0.1, 0.15) is 0 Å². The van der Waals surface area contributed by atoms with Crippen LogP contribution in [0.5, 0.6) is 0 Å². The first kappa shape index (κ1) is 23.4. The van der Waals surface area contributed by atoms with Crippen LogP contribution < -0.4 is 0 Å². The van der Waals surface area contributed by atoms with E-state index in [1.807, 2.05) is 33.8 Å². The van der Waals surface area contributed by atoms with Gasteiger partial charge in [0.2, 0.25) is 0 Å². The highest BCUT2D eigenvalue weighted by atomic mass is 35.5. The third-order valence-corrected chi connectivity index (χ3v) is 4.17. The van der Waals surface area contributed by atoms with Crippen LogP contribution in [0.4, 0.5) is 5.69 Å². The zero-order valence-corrected chi connectivity index (χ0v) is 18.0. The summed E-state index contributed by atoms with van der Waals surface area (Å²) >= 11 is 6.18. The van der Waals surface area contributed by atoms with Gasteiger partial charge in [0, 0.05) is 23.7 Å². The molecule has 0 fully saturated rings. The van der Waals surface area contributed by atoms with Crippen molar-refractivity contribution in [3.8, 4) is 0 Å². The maximum atomic E-state index is 12.9. The number of nitro benzene ring substituents is 1. The van der Waals surface area contributed by atoms with Crippen molar-refractivity contribution < 1.29 is 9.72 Å². The fourth-order valence-electron chi connectivity index (χ4n) is 2.69. The first-order valence-electron chi connectivity index (χ1n) is 9.37. The van der Waals surface area contributed by atoms with Crippen molar-refractivity contribution in [3.05, 3.63) is 74.4 Å². The van der Waals surface area contributed by atoms with E-state index >= 15 is 0 Å². The van der Waals surface area contributed by atoms with E-state index in [2.05, 4.69) is 13.8 Å². The number of carbonyl (C=O) groups excluding carboxylic acids is 1. The molecule has 0 bridgehead atoms. The van der Waals surface area contributed by atoms with E-state index in [9.17, 15) is 14.9 Å². The third kappa shape index (κ3) is 4.98. The van der Waals surface area contributed by atoms with E-state index in [0.29, 0.717) is 21.5 Å². The largest absolute Gasteiger partial charge is 0.283 e. The van der Waals surface area contributed by atoms with Crippen molar-refractivity contribution in [2.24, 2.45) is 0 Å². The van der Waals surface area contributed by atoms with Crippen molar-refractivity contribution in [1.29, 1.82) is 0 Å². The van der Waals surface area contributed by atoms with Crippen LogP contribution in [0.1, 0.15) is 55.6 Å². The van der Waals surface area contributed by atoms with Crippen LogP contribution >= 0.6 is 11.6 Å². The highest BCUT2D eigenvalue weighted by Crippen LogP contribution is 2.28. The molecule has 28 heavy (non-hydrogen) atoms. The minimum atomic E-state index is -0.448. The molecule has 150 valence electrons. The van der Waals surface area contributed by atoms with Crippen LogP contribution in [0, 0.1) is 24.0 Å². The normalized spacial score (nSPS) is 9.82. The summed E-state index contributed by atoms with van der Waals surface area (Å²) in [4.78, 5) is 23.4. The first-order valence-corrected chi connectivity index (χ1v) is 9.75. The fraction of sp³-hybridized carbons (Fsp3) is 0.318. The monoisotopic (exact) mass is 402 g/mol. The Bertz CT molecular complexity index is 957. The quantitative estimate of drug-likeness (QED) is 0.344. The lowest BCUT2D eigenvalue weighted by Gasteiger charge is -2.09. The zero-order chi connectivity index (χ0) is 21.4. The van der Waals surface area contributed by atoms with Crippen LogP contribution in [0.3, 0.4) is 0 Å². The Labute approximate surface area is 171 Å². The van der Waals surface area contributed by atoms with E-state index in [0.717, 1.165) is 11.1 Å². The Morgan fingerprint density at radius 1 is 1.11 bits per heavy atom. The minimum absolute atomic E-state index is 0.000256. The summed E-state index contributed by atoms with van der Waals surface area (Å²) in [7, 11) is 0. The lowest BCUT2D eigenvalue weighted by molar-refractivity contribution is -0.384. The van der Waals surface area contributed by atoms with Crippen LogP contribution in [-0.2, 0) is 0 Å². The maximum absolute atomic E-state index is 12.9. The maximum Gasteiger partial charge on any atom is 0.270 e. The number of fused-ring (bicyclic) bond motifs is 1. The molecular formula is C22H27ClN2O3. The number of hydrogen-bond donors (Lipinski definition) is 0. The van der Waals surface area contributed by atoms with Gasteiger partial charge < -0.3 is 0 Å². The predicted molar refractivity (Wildman–Crippen MR) is 117 cm³/mol. The molecule has 0 aliphatic rings. The van der Waals surface area contributed by atoms with Gasteiger partial charge in [-0.25, -0.2) is 0 Å². The Balaban J connectivity index is 0.000000717. The van der Waals surface area contributed by atoms with Gasteiger partial charge in [-0.2, -0.15) is 0 Å². The summed E-state index contributed by atoms with van der Waals surface area (Å²) < 4.78 is 1.49. The van der Waals surface area contributed by atoms with Crippen LogP contribution in [-0.4, -0.2) is 15.4 Å². The van der Waals surface area contributed by atoms with Crippen molar-refractivity contribution in [2.75, 3.05) is 0 Å². The molecule has 3 rings (SSSR count). The van der Waals surface area contributed by atoms with Gasteiger partial charge in [0.25, 0.3) is 11.6 Å². The molecule has 0 unspecified atom stereocenters. The summed E-state index contributed by atoms with van der Waals surface area (Å²) in [6, 6.07) is 9.74. The van der Waals surface area contributed by atoms with Gasteiger partial charge >= 0.3 is 0 Å². The second-order valence-electron chi connectivity index (χ2n) is 6.08. The molecule has 6 heteroatoms.